The van der Waals surface area contributed by atoms with Gasteiger partial charge in [0.25, 0.3) is 0 Å². The van der Waals surface area contributed by atoms with Crippen molar-refractivity contribution in [2.75, 3.05) is 33.9 Å². The monoisotopic (exact) mass is 255 g/mol. The van der Waals surface area contributed by atoms with Gasteiger partial charge in [0.1, 0.15) is 11.6 Å². The van der Waals surface area contributed by atoms with E-state index in [4.69, 9.17) is 14.2 Å². The van der Waals surface area contributed by atoms with Gasteiger partial charge in [0.2, 0.25) is 0 Å². The first-order valence-corrected chi connectivity index (χ1v) is 5.93. The summed E-state index contributed by atoms with van der Waals surface area (Å²) in [5.41, 5.74) is 1.38. The van der Waals surface area contributed by atoms with E-state index in [0.717, 1.165) is 12.1 Å². The van der Waals surface area contributed by atoms with Crippen molar-refractivity contribution in [3.8, 4) is 5.75 Å². The highest BCUT2D eigenvalue weighted by Gasteiger charge is 2.21. The van der Waals surface area contributed by atoms with E-state index in [1.54, 1.807) is 13.2 Å². The topological polar surface area (TPSA) is 39.7 Å². The minimum atomic E-state index is -0.305. The molecule has 0 saturated carbocycles. The molecule has 0 aromatic heterocycles. The molecule has 100 valence electrons. The zero-order valence-corrected chi connectivity index (χ0v) is 10.7. The number of morpholine rings is 1. The van der Waals surface area contributed by atoms with Crippen molar-refractivity contribution < 1.29 is 18.6 Å². The van der Waals surface area contributed by atoms with Gasteiger partial charge in [-0.05, 0) is 6.07 Å². The third-order valence-corrected chi connectivity index (χ3v) is 2.97. The van der Waals surface area contributed by atoms with Gasteiger partial charge in [0, 0.05) is 37.4 Å². The molecule has 0 aliphatic carbocycles. The summed E-state index contributed by atoms with van der Waals surface area (Å²) in [7, 11) is 3.12. The molecule has 1 atom stereocenters. The van der Waals surface area contributed by atoms with Gasteiger partial charge in [-0.3, -0.25) is 0 Å². The van der Waals surface area contributed by atoms with Crippen LogP contribution in [0.3, 0.4) is 0 Å². The van der Waals surface area contributed by atoms with Crippen LogP contribution in [-0.2, 0) is 16.1 Å². The molecule has 1 saturated heterocycles. The Balaban J connectivity index is 2.31. The molecule has 18 heavy (non-hydrogen) atoms. The van der Waals surface area contributed by atoms with Crippen LogP contribution in [0.5, 0.6) is 5.75 Å². The van der Waals surface area contributed by atoms with Gasteiger partial charge in [-0.2, -0.15) is 0 Å². The molecule has 0 radical (unpaired) electrons. The number of ether oxygens (including phenoxy) is 3. The van der Waals surface area contributed by atoms with Crippen LogP contribution in [0, 0.1) is 5.82 Å². The van der Waals surface area contributed by atoms with Crippen molar-refractivity contribution in [1.29, 1.82) is 0 Å². The second-order valence-electron chi connectivity index (χ2n) is 4.18. The van der Waals surface area contributed by atoms with Crippen molar-refractivity contribution in [3.05, 3.63) is 29.1 Å². The van der Waals surface area contributed by atoms with Crippen molar-refractivity contribution in [2.24, 2.45) is 0 Å². The number of rotatable bonds is 4. The molecule has 1 aromatic carbocycles. The maximum atomic E-state index is 14.0. The first-order chi connectivity index (χ1) is 8.76. The Labute approximate surface area is 106 Å². The van der Waals surface area contributed by atoms with Gasteiger partial charge in [-0.15, -0.1) is 0 Å². The lowest BCUT2D eigenvalue weighted by atomic mass is 10.0. The number of nitrogens with one attached hydrogen (secondary N) is 1. The van der Waals surface area contributed by atoms with E-state index in [1.165, 1.54) is 13.2 Å². The van der Waals surface area contributed by atoms with Gasteiger partial charge in [0.15, 0.2) is 0 Å². The molecule has 2 rings (SSSR count). The molecule has 0 spiro atoms. The van der Waals surface area contributed by atoms with Crippen molar-refractivity contribution in [1.82, 2.24) is 5.32 Å². The average Bonchev–Trinajstić information content (AvgIpc) is 2.41. The molecule has 5 heteroatoms. The predicted molar refractivity (Wildman–Crippen MR) is 65.2 cm³/mol. The third-order valence-electron chi connectivity index (χ3n) is 2.97. The Morgan fingerprint density at radius 1 is 1.44 bits per heavy atom. The second kappa shape index (κ2) is 6.13. The highest BCUT2D eigenvalue weighted by molar-refractivity contribution is 5.39. The fraction of sp³-hybridized carbons (Fsp3) is 0.538. The Kier molecular flexibility index (Phi) is 4.52. The first kappa shape index (κ1) is 13.3. The molecule has 0 amide bonds. The van der Waals surface area contributed by atoms with E-state index in [0.29, 0.717) is 31.1 Å². The summed E-state index contributed by atoms with van der Waals surface area (Å²) >= 11 is 0. The van der Waals surface area contributed by atoms with Crippen LogP contribution < -0.4 is 10.1 Å². The van der Waals surface area contributed by atoms with Crippen LogP contribution in [0.2, 0.25) is 0 Å². The summed E-state index contributed by atoms with van der Waals surface area (Å²) < 4.78 is 29.8. The average molecular weight is 255 g/mol. The Bertz CT molecular complexity index is 405. The lowest BCUT2D eigenvalue weighted by molar-refractivity contribution is 0.0253. The second-order valence-corrected chi connectivity index (χ2v) is 4.18. The molecule has 4 nitrogen and oxygen atoms in total. The fourth-order valence-electron chi connectivity index (χ4n) is 2.09. The Morgan fingerprint density at radius 3 is 2.89 bits per heavy atom. The normalized spacial score (nSPS) is 19.8. The molecule has 1 fully saturated rings. The number of halogens is 1. The van der Waals surface area contributed by atoms with E-state index in [9.17, 15) is 4.39 Å². The van der Waals surface area contributed by atoms with Crippen LogP contribution in [0.15, 0.2) is 12.1 Å². The lowest BCUT2D eigenvalue weighted by Crippen LogP contribution is -2.33. The van der Waals surface area contributed by atoms with E-state index >= 15 is 0 Å². The number of benzene rings is 1. The summed E-state index contributed by atoms with van der Waals surface area (Å²) in [5, 5.41) is 3.19. The number of hydrogen-bond donors (Lipinski definition) is 1. The Morgan fingerprint density at radius 2 is 2.28 bits per heavy atom. The number of methoxy groups -OCH3 is 2. The van der Waals surface area contributed by atoms with Crippen molar-refractivity contribution in [3.63, 3.8) is 0 Å². The minimum Gasteiger partial charge on any atom is -0.496 e. The highest BCUT2D eigenvalue weighted by Crippen LogP contribution is 2.29. The SMILES string of the molecule is COCc1cc(C2CNCCO2)c(F)cc1OC. The zero-order chi connectivity index (χ0) is 13.0. The smallest absolute Gasteiger partial charge is 0.132 e. The zero-order valence-electron chi connectivity index (χ0n) is 10.7. The minimum absolute atomic E-state index is 0.250. The summed E-state index contributed by atoms with van der Waals surface area (Å²) in [5.74, 6) is 0.197. The molecule has 1 unspecified atom stereocenters. The maximum Gasteiger partial charge on any atom is 0.132 e. The molecule has 1 aliphatic heterocycles. The van der Waals surface area contributed by atoms with Gasteiger partial charge in [-0.1, -0.05) is 0 Å². The summed E-state index contributed by atoms with van der Waals surface area (Å²) in [6.45, 7) is 2.40. The number of hydrogen-bond acceptors (Lipinski definition) is 4. The molecule has 1 aromatic rings. The molecule has 1 aliphatic rings. The largest absolute Gasteiger partial charge is 0.496 e. The predicted octanol–water partition coefficient (Wildman–Crippen LogP) is 1.64. The van der Waals surface area contributed by atoms with Crippen LogP contribution in [0.1, 0.15) is 17.2 Å². The molecule has 1 heterocycles. The standard InChI is InChI=1S/C13H18FNO3/c1-16-8-9-5-10(11(14)6-12(9)17-2)13-7-15-3-4-18-13/h5-6,13,15H,3-4,7-8H2,1-2H3. The third kappa shape index (κ3) is 2.80. The first-order valence-electron chi connectivity index (χ1n) is 5.93. The van der Waals surface area contributed by atoms with Gasteiger partial charge >= 0.3 is 0 Å². The van der Waals surface area contributed by atoms with Crippen LogP contribution in [0.25, 0.3) is 0 Å². The van der Waals surface area contributed by atoms with E-state index in [-0.39, 0.29) is 11.9 Å². The van der Waals surface area contributed by atoms with Gasteiger partial charge in [-0.25, -0.2) is 4.39 Å². The van der Waals surface area contributed by atoms with Gasteiger partial charge < -0.3 is 19.5 Å². The quantitative estimate of drug-likeness (QED) is 0.888. The van der Waals surface area contributed by atoms with Crippen molar-refractivity contribution in [2.45, 2.75) is 12.7 Å². The van der Waals surface area contributed by atoms with Crippen LogP contribution >= 0.6 is 0 Å². The Hall–Kier alpha value is -1.17. The van der Waals surface area contributed by atoms with Crippen LogP contribution in [-0.4, -0.2) is 33.9 Å². The molecule has 0 bridgehead atoms. The van der Waals surface area contributed by atoms with E-state index in [1.807, 2.05) is 0 Å². The molecular weight excluding hydrogens is 237 g/mol. The maximum absolute atomic E-state index is 14.0. The summed E-state index contributed by atoms with van der Waals surface area (Å²) in [4.78, 5) is 0. The van der Waals surface area contributed by atoms with Crippen molar-refractivity contribution >= 4 is 0 Å². The van der Waals surface area contributed by atoms with E-state index in [2.05, 4.69) is 5.32 Å². The summed E-state index contributed by atoms with van der Waals surface area (Å²) in [6, 6.07) is 3.15. The van der Waals surface area contributed by atoms with Gasteiger partial charge in [0.05, 0.1) is 26.4 Å². The fourth-order valence-corrected chi connectivity index (χ4v) is 2.09. The lowest BCUT2D eigenvalue weighted by Gasteiger charge is -2.25. The summed E-state index contributed by atoms with van der Waals surface area (Å²) in [6.07, 6.45) is -0.250. The molecular formula is C13H18FNO3. The van der Waals surface area contributed by atoms with E-state index < -0.39 is 0 Å². The highest BCUT2D eigenvalue weighted by atomic mass is 19.1. The molecule has 1 N–H and O–H groups in total. The van der Waals surface area contributed by atoms with Crippen LogP contribution in [0.4, 0.5) is 4.39 Å².